The van der Waals surface area contributed by atoms with Gasteiger partial charge in [-0.2, -0.15) is 0 Å². The molecule has 1 aromatic heterocycles. The first-order valence-corrected chi connectivity index (χ1v) is 7.60. The number of alkyl halides is 2. The van der Waals surface area contributed by atoms with E-state index in [-0.39, 0.29) is 5.56 Å². The molecule has 2 rings (SSSR count). The van der Waals surface area contributed by atoms with E-state index >= 15 is 0 Å². The zero-order valence-electron chi connectivity index (χ0n) is 14.1. The molecule has 2 atom stereocenters. The molecule has 27 heavy (non-hydrogen) atoms. The van der Waals surface area contributed by atoms with Crippen LogP contribution in [0.3, 0.4) is 0 Å². The Morgan fingerprint density at radius 2 is 1.93 bits per heavy atom. The minimum atomic E-state index is -3.13. The Kier molecular flexibility index (Phi) is 6.23. The highest BCUT2D eigenvalue weighted by Gasteiger charge is 2.44. The molecular weight excluding hydrogens is 362 g/mol. The SMILES string of the molecule is CC(N)(C(F)F)[C@H](NC(=O)c1ccc(C#Cc2ccno2)cc1)C(=O)NO. The molecule has 0 saturated heterocycles. The summed E-state index contributed by atoms with van der Waals surface area (Å²) in [4.78, 5) is 23.9. The number of carbonyl (C=O) groups excluding carboxylic acids is 2. The second-order valence-corrected chi connectivity index (χ2v) is 5.75. The van der Waals surface area contributed by atoms with Gasteiger partial charge in [-0.15, -0.1) is 0 Å². The lowest BCUT2D eigenvalue weighted by atomic mass is 9.92. The highest BCUT2D eigenvalue weighted by atomic mass is 19.3. The van der Waals surface area contributed by atoms with Crippen molar-refractivity contribution < 1.29 is 28.1 Å². The van der Waals surface area contributed by atoms with Crippen LogP contribution in [0.4, 0.5) is 8.78 Å². The predicted molar refractivity (Wildman–Crippen MR) is 88.7 cm³/mol. The lowest BCUT2D eigenvalue weighted by molar-refractivity contribution is -0.134. The number of nitrogens with one attached hydrogen (secondary N) is 2. The number of nitrogens with zero attached hydrogens (tertiary/aromatic N) is 1. The summed E-state index contributed by atoms with van der Waals surface area (Å²) in [6, 6.07) is 5.55. The van der Waals surface area contributed by atoms with Crippen molar-refractivity contribution in [2.45, 2.75) is 24.9 Å². The highest BCUT2D eigenvalue weighted by Crippen LogP contribution is 2.18. The van der Waals surface area contributed by atoms with Crippen molar-refractivity contribution in [3.8, 4) is 11.8 Å². The largest absolute Gasteiger partial charge is 0.348 e. The van der Waals surface area contributed by atoms with Crippen LogP contribution in [0.15, 0.2) is 41.1 Å². The molecule has 0 aliphatic carbocycles. The van der Waals surface area contributed by atoms with Crippen LogP contribution in [0.25, 0.3) is 0 Å². The standard InChI is InChI=1S/C17H16F2N4O4/c1-17(20,16(18)19)13(15(25)23-26)22-14(24)11-5-2-10(3-6-11)4-7-12-8-9-21-27-12/h2-3,5-6,8-9,13,16,26H,20H2,1H3,(H,22,24)(H,23,25)/t13-,17?/m1/s1. The van der Waals surface area contributed by atoms with E-state index in [1.165, 1.54) is 35.9 Å². The average Bonchev–Trinajstić information content (AvgIpc) is 3.17. The van der Waals surface area contributed by atoms with Gasteiger partial charge in [0.2, 0.25) is 5.76 Å². The van der Waals surface area contributed by atoms with Crippen LogP contribution in [0.2, 0.25) is 0 Å². The normalized spacial score (nSPS) is 13.9. The van der Waals surface area contributed by atoms with E-state index in [2.05, 4.69) is 22.3 Å². The quantitative estimate of drug-likeness (QED) is 0.344. The molecule has 2 amide bonds. The summed E-state index contributed by atoms with van der Waals surface area (Å²) in [5.74, 6) is 3.79. The summed E-state index contributed by atoms with van der Waals surface area (Å²) in [7, 11) is 0. The molecule has 2 aromatic rings. The maximum absolute atomic E-state index is 13.1. The van der Waals surface area contributed by atoms with E-state index in [4.69, 9.17) is 15.5 Å². The number of hydrogen-bond acceptors (Lipinski definition) is 6. The Balaban J connectivity index is 2.15. The van der Waals surface area contributed by atoms with Crippen LogP contribution in [0, 0.1) is 11.8 Å². The maximum atomic E-state index is 13.1. The first-order chi connectivity index (χ1) is 12.8. The van der Waals surface area contributed by atoms with E-state index in [0.717, 1.165) is 6.92 Å². The third-order valence-electron chi connectivity index (χ3n) is 3.65. The van der Waals surface area contributed by atoms with Crippen LogP contribution in [0.1, 0.15) is 28.6 Å². The van der Waals surface area contributed by atoms with Gasteiger partial charge in [0.25, 0.3) is 18.2 Å². The molecule has 0 fully saturated rings. The fraction of sp³-hybridized carbons (Fsp3) is 0.235. The van der Waals surface area contributed by atoms with Crippen molar-refractivity contribution >= 4 is 11.8 Å². The zero-order valence-corrected chi connectivity index (χ0v) is 14.1. The van der Waals surface area contributed by atoms with Gasteiger partial charge in [-0.25, -0.2) is 14.3 Å². The molecule has 8 nitrogen and oxygen atoms in total. The average molecular weight is 378 g/mol. The number of rotatable bonds is 5. The first kappa shape index (κ1) is 20.0. The van der Waals surface area contributed by atoms with Crippen LogP contribution >= 0.6 is 0 Å². The summed E-state index contributed by atoms with van der Waals surface area (Å²) in [6.45, 7) is 0.889. The van der Waals surface area contributed by atoms with Gasteiger partial charge in [0, 0.05) is 17.2 Å². The fourth-order valence-electron chi connectivity index (χ4n) is 2.03. The zero-order chi connectivity index (χ0) is 20.0. The molecule has 1 unspecified atom stereocenters. The van der Waals surface area contributed by atoms with Gasteiger partial charge in [-0.3, -0.25) is 14.8 Å². The molecule has 0 spiro atoms. The molecule has 0 bridgehead atoms. The lowest BCUT2D eigenvalue weighted by Crippen LogP contribution is -2.66. The number of halogens is 2. The third kappa shape index (κ3) is 4.87. The molecule has 1 heterocycles. The van der Waals surface area contributed by atoms with Gasteiger partial charge in [0.1, 0.15) is 11.6 Å². The minimum absolute atomic E-state index is 0.0843. The van der Waals surface area contributed by atoms with Crippen LogP contribution in [-0.4, -0.2) is 40.2 Å². The predicted octanol–water partition coefficient (Wildman–Crippen LogP) is 0.661. The van der Waals surface area contributed by atoms with Gasteiger partial charge < -0.3 is 15.6 Å². The van der Waals surface area contributed by atoms with Gasteiger partial charge in [0.15, 0.2) is 0 Å². The molecule has 0 saturated carbocycles. The Bertz CT molecular complexity index is 855. The topological polar surface area (TPSA) is 130 Å². The summed E-state index contributed by atoms with van der Waals surface area (Å²) >= 11 is 0. The van der Waals surface area contributed by atoms with Crippen molar-refractivity contribution in [2.24, 2.45) is 5.73 Å². The highest BCUT2D eigenvalue weighted by molar-refractivity contribution is 5.98. The smallest absolute Gasteiger partial charge is 0.268 e. The van der Waals surface area contributed by atoms with E-state index < -0.39 is 29.8 Å². The molecule has 1 aromatic carbocycles. The molecular formula is C17H16F2N4O4. The Morgan fingerprint density at radius 1 is 1.26 bits per heavy atom. The van der Waals surface area contributed by atoms with Crippen LogP contribution in [-0.2, 0) is 4.79 Å². The van der Waals surface area contributed by atoms with Gasteiger partial charge in [-0.1, -0.05) is 11.1 Å². The van der Waals surface area contributed by atoms with E-state index in [9.17, 15) is 18.4 Å². The van der Waals surface area contributed by atoms with Crippen molar-refractivity contribution in [1.29, 1.82) is 0 Å². The summed E-state index contributed by atoms with van der Waals surface area (Å²) in [5, 5.41) is 14.3. The van der Waals surface area contributed by atoms with Crippen molar-refractivity contribution in [1.82, 2.24) is 16.0 Å². The van der Waals surface area contributed by atoms with Gasteiger partial charge >= 0.3 is 0 Å². The second kappa shape index (κ2) is 8.39. The van der Waals surface area contributed by atoms with Gasteiger partial charge in [-0.05, 0) is 37.1 Å². The number of benzene rings is 1. The Morgan fingerprint density at radius 3 is 2.44 bits per heavy atom. The van der Waals surface area contributed by atoms with Crippen LogP contribution in [0.5, 0.6) is 0 Å². The van der Waals surface area contributed by atoms with Crippen molar-refractivity contribution in [3.05, 3.63) is 53.4 Å². The third-order valence-corrected chi connectivity index (χ3v) is 3.65. The number of carbonyl (C=O) groups is 2. The monoisotopic (exact) mass is 378 g/mol. The van der Waals surface area contributed by atoms with Gasteiger partial charge in [0.05, 0.1) is 6.20 Å². The van der Waals surface area contributed by atoms with E-state index in [0.29, 0.717) is 11.3 Å². The van der Waals surface area contributed by atoms with Crippen LogP contribution < -0.4 is 16.5 Å². The summed E-state index contributed by atoms with van der Waals surface area (Å²) < 4.78 is 31.0. The first-order valence-electron chi connectivity index (χ1n) is 7.60. The van der Waals surface area contributed by atoms with Crippen molar-refractivity contribution in [3.63, 3.8) is 0 Å². The molecule has 0 aliphatic heterocycles. The van der Waals surface area contributed by atoms with E-state index in [1.807, 2.05) is 0 Å². The summed E-state index contributed by atoms with van der Waals surface area (Å²) in [5.41, 5.74) is 4.92. The minimum Gasteiger partial charge on any atom is -0.348 e. The number of hydroxylamine groups is 1. The number of aromatic nitrogens is 1. The molecule has 0 aliphatic rings. The summed E-state index contributed by atoms with van der Waals surface area (Å²) in [6.07, 6.45) is -1.69. The Hall–Kier alpha value is -3.29. The molecule has 10 heteroatoms. The molecule has 0 radical (unpaired) electrons. The maximum Gasteiger partial charge on any atom is 0.268 e. The molecule has 142 valence electrons. The molecule has 5 N–H and O–H groups in total. The lowest BCUT2D eigenvalue weighted by Gasteiger charge is -2.32. The number of hydrogen-bond donors (Lipinski definition) is 4. The second-order valence-electron chi connectivity index (χ2n) is 5.75. The van der Waals surface area contributed by atoms with Crippen molar-refractivity contribution in [2.75, 3.05) is 0 Å². The fourth-order valence-corrected chi connectivity index (χ4v) is 2.03. The number of nitrogens with two attached hydrogens (primary N) is 1. The van der Waals surface area contributed by atoms with E-state index in [1.54, 1.807) is 6.07 Å². The number of amides is 2. The Labute approximate surface area is 152 Å².